The number of hydrazone groups is 1. The fourth-order valence-electron chi connectivity index (χ4n) is 2.18. The van der Waals surface area contributed by atoms with Crippen LogP contribution in [0.15, 0.2) is 41.6 Å². The van der Waals surface area contributed by atoms with Gasteiger partial charge in [0.15, 0.2) is 5.69 Å². The molecule has 0 spiro atoms. The van der Waals surface area contributed by atoms with Gasteiger partial charge in [0.1, 0.15) is 5.84 Å². The van der Waals surface area contributed by atoms with Crippen LogP contribution >= 0.6 is 23.2 Å². The maximum Gasteiger partial charge on any atom is 0.277 e. The molecule has 1 aliphatic rings. The molecular weight excluding hydrogens is 337 g/mol. The average Bonchev–Trinajstić information content (AvgIpc) is 2.92. The highest BCUT2D eigenvalue weighted by atomic mass is 35.5. The smallest absolute Gasteiger partial charge is 0.277 e. The standard InChI is InChI=1S/C15H13Cl2N5O/c1-9-8-22(10-4-5-11(16)12(17)7-10)21-14(9)19-15(23)13-3-2-6-18-20-13/h2-7,9H,8H2,1H3,(H,19,21,23)/t9-/m0/s1. The predicted molar refractivity (Wildman–Crippen MR) is 89.9 cm³/mol. The Balaban J connectivity index is 1.77. The summed E-state index contributed by atoms with van der Waals surface area (Å²) in [4.78, 5) is 12.1. The van der Waals surface area contributed by atoms with Crippen LogP contribution in [0, 0.1) is 5.92 Å². The van der Waals surface area contributed by atoms with Crippen molar-refractivity contribution < 1.29 is 4.79 Å². The first-order chi connectivity index (χ1) is 11.0. The molecule has 0 radical (unpaired) electrons. The molecule has 1 N–H and O–H groups in total. The number of benzene rings is 1. The van der Waals surface area contributed by atoms with Gasteiger partial charge in [-0.25, -0.2) is 0 Å². The van der Waals surface area contributed by atoms with E-state index < -0.39 is 0 Å². The fraction of sp³-hybridized carbons (Fsp3) is 0.200. The molecule has 0 unspecified atom stereocenters. The highest BCUT2D eigenvalue weighted by molar-refractivity contribution is 6.42. The molecule has 2 heterocycles. The average molecular weight is 350 g/mol. The normalized spacial score (nSPS) is 17.1. The summed E-state index contributed by atoms with van der Waals surface area (Å²) >= 11 is 12.0. The number of amides is 1. The van der Waals surface area contributed by atoms with E-state index in [0.717, 1.165) is 5.69 Å². The van der Waals surface area contributed by atoms with Gasteiger partial charge >= 0.3 is 0 Å². The first-order valence-electron chi connectivity index (χ1n) is 6.94. The Bertz CT molecular complexity index is 766. The Hall–Kier alpha value is -2.18. The summed E-state index contributed by atoms with van der Waals surface area (Å²) < 4.78 is 0. The van der Waals surface area contributed by atoms with Gasteiger partial charge in [-0.2, -0.15) is 10.2 Å². The minimum atomic E-state index is -0.334. The van der Waals surface area contributed by atoms with Crippen molar-refractivity contribution in [1.29, 1.82) is 0 Å². The third kappa shape index (κ3) is 3.43. The molecule has 8 heteroatoms. The van der Waals surface area contributed by atoms with Crippen LogP contribution in [0.4, 0.5) is 5.69 Å². The van der Waals surface area contributed by atoms with E-state index >= 15 is 0 Å². The van der Waals surface area contributed by atoms with Crippen molar-refractivity contribution in [2.45, 2.75) is 6.92 Å². The quantitative estimate of drug-likeness (QED) is 0.904. The van der Waals surface area contributed by atoms with Gasteiger partial charge in [-0.05, 0) is 30.3 Å². The maximum atomic E-state index is 12.1. The van der Waals surface area contributed by atoms with Crippen LogP contribution in [0.25, 0.3) is 0 Å². The number of amidine groups is 1. The summed E-state index contributed by atoms with van der Waals surface area (Å²) in [7, 11) is 0. The van der Waals surface area contributed by atoms with E-state index in [2.05, 4.69) is 20.6 Å². The zero-order valence-electron chi connectivity index (χ0n) is 12.2. The van der Waals surface area contributed by atoms with E-state index in [0.29, 0.717) is 22.4 Å². The summed E-state index contributed by atoms with van der Waals surface area (Å²) in [6.07, 6.45) is 1.51. The van der Waals surface area contributed by atoms with Crippen molar-refractivity contribution in [2.75, 3.05) is 11.6 Å². The first-order valence-corrected chi connectivity index (χ1v) is 7.70. The summed E-state index contributed by atoms with van der Waals surface area (Å²) in [6.45, 7) is 2.61. The van der Waals surface area contributed by atoms with Crippen LogP contribution in [-0.4, -0.2) is 28.5 Å². The monoisotopic (exact) mass is 349 g/mol. The molecule has 1 aromatic carbocycles. The van der Waals surface area contributed by atoms with E-state index in [1.165, 1.54) is 6.20 Å². The topological polar surface area (TPSA) is 70.5 Å². The molecule has 1 amide bonds. The number of halogens is 2. The first kappa shape index (κ1) is 15.7. The minimum Gasteiger partial charge on any atom is -0.307 e. The molecule has 0 bridgehead atoms. The van der Waals surface area contributed by atoms with Crippen molar-refractivity contribution in [1.82, 2.24) is 15.5 Å². The molecule has 2 aromatic rings. The minimum absolute atomic E-state index is 0.0603. The number of rotatable bonds is 2. The van der Waals surface area contributed by atoms with Crippen LogP contribution < -0.4 is 10.3 Å². The van der Waals surface area contributed by atoms with E-state index in [1.54, 1.807) is 29.3 Å². The lowest BCUT2D eigenvalue weighted by Gasteiger charge is -2.14. The van der Waals surface area contributed by atoms with Crippen molar-refractivity contribution in [3.05, 3.63) is 52.3 Å². The molecule has 1 aliphatic heterocycles. The van der Waals surface area contributed by atoms with Gasteiger partial charge in [-0.3, -0.25) is 9.80 Å². The second-order valence-corrected chi connectivity index (χ2v) is 5.94. The van der Waals surface area contributed by atoms with E-state index in [1.807, 2.05) is 13.0 Å². The Morgan fingerprint density at radius 1 is 1.30 bits per heavy atom. The zero-order chi connectivity index (χ0) is 16.4. The van der Waals surface area contributed by atoms with Gasteiger partial charge in [-0.1, -0.05) is 30.1 Å². The molecule has 0 saturated heterocycles. The highest BCUT2D eigenvalue weighted by Crippen LogP contribution is 2.29. The van der Waals surface area contributed by atoms with E-state index in [4.69, 9.17) is 23.2 Å². The Labute approximate surface area is 143 Å². The van der Waals surface area contributed by atoms with Crippen LogP contribution in [-0.2, 0) is 0 Å². The van der Waals surface area contributed by atoms with Crippen molar-refractivity contribution in [3.8, 4) is 0 Å². The maximum absolute atomic E-state index is 12.1. The van der Waals surface area contributed by atoms with Gasteiger partial charge in [0.2, 0.25) is 0 Å². The Morgan fingerprint density at radius 2 is 2.13 bits per heavy atom. The predicted octanol–water partition coefficient (Wildman–Crippen LogP) is 2.98. The molecule has 0 saturated carbocycles. The van der Waals surface area contributed by atoms with Gasteiger partial charge in [-0.15, -0.1) is 5.10 Å². The molecule has 1 aromatic heterocycles. The van der Waals surface area contributed by atoms with Crippen molar-refractivity contribution in [2.24, 2.45) is 11.0 Å². The van der Waals surface area contributed by atoms with E-state index in [9.17, 15) is 4.79 Å². The van der Waals surface area contributed by atoms with Crippen LogP contribution in [0.3, 0.4) is 0 Å². The second-order valence-electron chi connectivity index (χ2n) is 5.13. The van der Waals surface area contributed by atoms with Gasteiger partial charge < -0.3 is 5.32 Å². The number of hydrogen-bond acceptors (Lipinski definition) is 5. The Morgan fingerprint density at radius 3 is 2.83 bits per heavy atom. The molecule has 1 atom stereocenters. The van der Waals surface area contributed by atoms with Crippen molar-refractivity contribution >= 4 is 40.6 Å². The van der Waals surface area contributed by atoms with Crippen LogP contribution in [0.5, 0.6) is 0 Å². The lowest BCUT2D eigenvalue weighted by Crippen LogP contribution is -2.34. The summed E-state index contributed by atoms with van der Waals surface area (Å²) in [5.74, 6) is 0.302. The third-order valence-electron chi connectivity index (χ3n) is 3.39. The van der Waals surface area contributed by atoms with Crippen LogP contribution in [0.2, 0.25) is 10.0 Å². The summed E-state index contributed by atoms with van der Waals surface area (Å²) in [6, 6.07) is 8.55. The largest absolute Gasteiger partial charge is 0.307 e. The molecule has 3 rings (SSSR count). The number of carbonyl (C=O) groups excluding carboxylic acids is 1. The number of nitrogens with one attached hydrogen (secondary N) is 1. The Kier molecular flexibility index (Phi) is 4.45. The fourth-order valence-corrected chi connectivity index (χ4v) is 2.47. The van der Waals surface area contributed by atoms with Gasteiger partial charge in [0, 0.05) is 12.1 Å². The van der Waals surface area contributed by atoms with Crippen LogP contribution in [0.1, 0.15) is 17.4 Å². The molecular formula is C15H13Cl2N5O. The number of hydrogen-bond donors (Lipinski definition) is 1. The SMILES string of the molecule is C[C@H]1CN(c2ccc(Cl)c(Cl)c2)N=C1NC(=O)c1cccnn1. The molecule has 118 valence electrons. The highest BCUT2D eigenvalue weighted by Gasteiger charge is 2.26. The third-order valence-corrected chi connectivity index (χ3v) is 4.13. The molecule has 0 aliphatic carbocycles. The van der Waals surface area contributed by atoms with Crippen molar-refractivity contribution in [3.63, 3.8) is 0 Å². The van der Waals surface area contributed by atoms with Gasteiger partial charge in [0.25, 0.3) is 5.91 Å². The zero-order valence-corrected chi connectivity index (χ0v) is 13.7. The molecule has 6 nitrogen and oxygen atoms in total. The lowest BCUT2D eigenvalue weighted by molar-refractivity contribution is 0.0970. The summed E-state index contributed by atoms with van der Waals surface area (Å²) in [5.41, 5.74) is 1.06. The van der Waals surface area contributed by atoms with E-state index in [-0.39, 0.29) is 17.5 Å². The molecule has 23 heavy (non-hydrogen) atoms. The second kappa shape index (κ2) is 6.52. The molecule has 0 fully saturated rings. The number of nitrogens with zero attached hydrogens (tertiary/aromatic N) is 4. The number of anilines is 1. The number of aromatic nitrogens is 2. The summed E-state index contributed by atoms with van der Waals surface area (Å²) in [5, 5.41) is 17.4. The number of carbonyl (C=O) groups is 1. The lowest BCUT2D eigenvalue weighted by atomic mass is 10.1. The van der Waals surface area contributed by atoms with Gasteiger partial charge in [0.05, 0.1) is 22.3 Å².